The molecule has 1 heterocycles. The lowest BCUT2D eigenvalue weighted by molar-refractivity contribution is 1.12. The van der Waals surface area contributed by atoms with Crippen LogP contribution in [0.5, 0.6) is 0 Å². The zero-order valence-electron chi connectivity index (χ0n) is 7.23. The van der Waals surface area contributed by atoms with E-state index >= 15 is 0 Å². The maximum atomic E-state index is 8.55. The first kappa shape index (κ1) is 9.67. The summed E-state index contributed by atoms with van der Waals surface area (Å²) in [5.74, 6) is 0.355. The van der Waals surface area contributed by atoms with Gasteiger partial charge in [0.2, 0.25) is 5.95 Å². The van der Waals surface area contributed by atoms with Crippen molar-refractivity contribution in [3.8, 4) is 6.07 Å². The molecule has 0 bridgehead atoms. The molecule has 1 rings (SSSR count). The van der Waals surface area contributed by atoms with Crippen LogP contribution in [-0.2, 0) is 0 Å². The first-order valence-corrected chi connectivity index (χ1v) is 3.72. The third kappa shape index (κ3) is 2.28. The molecule has 1 aromatic heterocycles. The molecule has 0 radical (unpaired) electrons. The Morgan fingerprint density at radius 2 is 2.21 bits per heavy atom. The highest BCUT2D eigenvalue weighted by Crippen LogP contribution is 2.00. The van der Waals surface area contributed by atoms with Crippen molar-refractivity contribution < 1.29 is 0 Å². The third-order valence-corrected chi connectivity index (χ3v) is 1.37. The summed E-state index contributed by atoms with van der Waals surface area (Å²) < 4.78 is 0. The monoisotopic (exact) mass is 188 g/mol. The molecule has 6 heteroatoms. The van der Waals surface area contributed by atoms with Gasteiger partial charge < -0.3 is 16.5 Å². The van der Waals surface area contributed by atoms with Crippen molar-refractivity contribution >= 4 is 12.2 Å². The number of nitrogens with zero attached hydrogens (tertiary/aromatic N) is 3. The van der Waals surface area contributed by atoms with Crippen LogP contribution in [0.1, 0.15) is 0 Å². The van der Waals surface area contributed by atoms with E-state index in [1.165, 1.54) is 0 Å². The number of nitrogens with one attached hydrogen (secondary N) is 2. The van der Waals surface area contributed by atoms with E-state index in [0.29, 0.717) is 5.95 Å². The van der Waals surface area contributed by atoms with Gasteiger partial charge in [0.25, 0.3) is 0 Å². The summed E-state index contributed by atoms with van der Waals surface area (Å²) in [5, 5.41) is 18.0. The van der Waals surface area contributed by atoms with E-state index in [0.717, 1.165) is 6.21 Å². The summed E-state index contributed by atoms with van der Waals surface area (Å²) in [6, 6.07) is 3.42. The molecule has 0 saturated carbocycles. The molecule has 0 saturated heterocycles. The Labute approximate surface area is 80.6 Å². The van der Waals surface area contributed by atoms with Crippen LogP contribution in [0.25, 0.3) is 0 Å². The molecule has 4 N–H and O–H groups in total. The molecule has 0 unspecified atom stereocenters. The minimum absolute atomic E-state index is 0.0393. The number of aromatic nitrogens is 2. The molecular formula is C8H8N6. The van der Waals surface area contributed by atoms with Crippen LogP contribution in [0.3, 0.4) is 0 Å². The predicted octanol–water partition coefficient (Wildman–Crippen LogP) is 0.232. The fraction of sp³-hybridized carbons (Fsp3) is 0. The molecule has 0 atom stereocenters. The fourth-order valence-corrected chi connectivity index (χ4v) is 0.722. The maximum absolute atomic E-state index is 8.55. The quantitative estimate of drug-likeness (QED) is 0.464. The van der Waals surface area contributed by atoms with E-state index < -0.39 is 0 Å². The topological polar surface area (TPSA) is 111 Å². The summed E-state index contributed by atoms with van der Waals surface area (Å²) in [6.07, 6.45) is 3.95. The summed E-state index contributed by atoms with van der Waals surface area (Å²) in [4.78, 5) is 7.70. The molecule has 0 aliphatic heterocycles. The van der Waals surface area contributed by atoms with Gasteiger partial charge in [-0.2, -0.15) is 5.26 Å². The van der Waals surface area contributed by atoms with E-state index in [9.17, 15) is 0 Å². The smallest absolute Gasteiger partial charge is 0.228 e. The average Bonchev–Trinajstić information content (AvgIpc) is 2.21. The van der Waals surface area contributed by atoms with E-state index in [1.54, 1.807) is 24.5 Å². The van der Waals surface area contributed by atoms with Gasteiger partial charge in [-0.15, -0.1) is 0 Å². The lowest BCUT2D eigenvalue weighted by atomic mass is 10.3. The molecule has 0 fully saturated rings. The van der Waals surface area contributed by atoms with Crippen LogP contribution in [0.15, 0.2) is 29.9 Å². The molecule has 0 aliphatic rings. The fourth-order valence-electron chi connectivity index (χ4n) is 0.722. The molecule has 0 aliphatic carbocycles. The maximum Gasteiger partial charge on any atom is 0.228 e. The van der Waals surface area contributed by atoms with Crippen molar-refractivity contribution in [2.75, 3.05) is 5.32 Å². The Morgan fingerprint density at radius 1 is 1.57 bits per heavy atom. The highest BCUT2D eigenvalue weighted by Gasteiger charge is 2.00. The van der Waals surface area contributed by atoms with Gasteiger partial charge >= 0.3 is 0 Å². The molecular weight excluding hydrogens is 180 g/mol. The number of hydrogen-bond acceptors (Lipinski definition) is 6. The van der Waals surface area contributed by atoms with Gasteiger partial charge in [-0.05, 0) is 6.07 Å². The standard InChI is InChI=1S/C8H8N6/c9-4-6(5-10)7(11)14-8-12-2-1-3-13-8/h1-4,9H,11H2,(H,12,13,14)/b7-6+,9-4?. The summed E-state index contributed by atoms with van der Waals surface area (Å²) in [7, 11) is 0. The Balaban J connectivity index is 2.86. The van der Waals surface area contributed by atoms with Crippen LogP contribution >= 0.6 is 0 Å². The van der Waals surface area contributed by atoms with Crippen LogP contribution in [0, 0.1) is 16.7 Å². The van der Waals surface area contributed by atoms with Crippen LogP contribution in [0.2, 0.25) is 0 Å². The zero-order valence-corrected chi connectivity index (χ0v) is 7.23. The number of allylic oxidation sites excluding steroid dienone is 1. The van der Waals surface area contributed by atoms with E-state index in [-0.39, 0.29) is 11.4 Å². The summed E-state index contributed by atoms with van der Waals surface area (Å²) >= 11 is 0. The average molecular weight is 188 g/mol. The van der Waals surface area contributed by atoms with Crippen LogP contribution in [0.4, 0.5) is 5.95 Å². The minimum Gasteiger partial charge on any atom is -0.384 e. The second-order valence-electron chi connectivity index (χ2n) is 2.28. The molecule has 1 aromatic rings. The van der Waals surface area contributed by atoms with Crippen molar-refractivity contribution in [1.29, 1.82) is 10.7 Å². The van der Waals surface area contributed by atoms with Crippen molar-refractivity contribution in [3.63, 3.8) is 0 Å². The largest absolute Gasteiger partial charge is 0.384 e. The molecule has 14 heavy (non-hydrogen) atoms. The molecule has 0 aromatic carbocycles. The lowest BCUT2D eigenvalue weighted by Crippen LogP contribution is -2.14. The normalized spacial score (nSPS) is 11.1. The van der Waals surface area contributed by atoms with Gasteiger partial charge in [0.1, 0.15) is 17.5 Å². The van der Waals surface area contributed by atoms with Crippen LogP contribution < -0.4 is 11.1 Å². The van der Waals surface area contributed by atoms with Gasteiger partial charge in [0, 0.05) is 18.6 Å². The number of rotatable bonds is 3. The van der Waals surface area contributed by atoms with Crippen molar-refractivity contribution in [2.24, 2.45) is 5.73 Å². The predicted molar refractivity (Wildman–Crippen MR) is 51.3 cm³/mol. The molecule has 0 spiro atoms. The van der Waals surface area contributed by atoms with Gasteiger partial charge in [-0.3, -0.25) is 0 Å². The number of nitrogens with two attached hydrogens (primary N) is 1. The van der Waals surface area contributed by atoms with E-state index in [4.69, 9.17) is 16.4 Å². The highest BCUT2D eigenvalue weighted by molar-refractivity contribution is 5.82. The Hall–Kier alpha value is -2.42. The van der Waals surface area contributed by atoms with Gasteiger partial charge in [0.15, 0.2) is 0 Å². The second-order valence-corrected chi connectivity index (χ2v) is 2.28. The minimum atomic E-state index is 0.0393. The van der Waals surface area contributed by atoms with Crippen molar-refractivity contribution in [2.45, 2.75) is 0 Å². The van der Waals surface area contributed by atoms with Gasteiger partial charge in [-0.1, -0.05) is 0 Å². The zero-order chi connectivity index (χ0) is 10.4. The highest BCUT2D eigenvalue weighted by atomic mass is 15.1. The third-order valence-electron chi connectivity index (χ3n) is 1.37. The van der Waals surface area contributed by atoms with E-state index in [1.807, 2.05) is 0 Å². The molecule has 6 nitrogen and oxygen atoms in total. The summed E-state index contributed by atoms with van der Waals surface area (Å²) in [6.45, 7) is 0. The number of hydrogen-bond donors (Lipinski definition) is 3. The first-order chi connectivity index (χ1) is 6.77. The molecule has 0 amide bonds. The lowest BCUT2D eigenvalue weighted by Gasteiger charge is -2.03. The Bertz CT molecular complexity index is 388. The van der Waals surface area contributed by atoms with E-state index in [2.05, 4.69) is 15.3 Å². The Kier molecular flexibility index (Phi) is 3.15. The van der Waals surface area contributed by atoms with Gasteiger partial charge in [0.05, 0.1) is 0 Å². The SMILES string of the molecule is N#C/C(C=N)=C(\N)Nc1ncccn1. The number of nitriles is 1. The van der Waals surface area contributed by atoms with Crippen molar-refractivity contribution in [1.82, 2.24) is 9.97 Å². The number of anilines is 1. The summed E-state index contributed by atoms with van der Waals surface area (Å²) in [5.41, 5.74) is 5.53. The van der Waals surface area contributed by atoms with Crippen molar-refractivity contribution in [3.05, 3.63) is 29.9 Å². The first-order valence-electron chi connectivity index (χ1n) is 3.72. The second kappa shape index (κ2) is 4.57. The van der Waals surface area contributed by atoms with Gasteiger partial charge in [-0.25, -0.2) is 9.97 Å². The Morgan fingerprint density at radius 3 is 2.71 bits per heavy atom. The molecule has 70 valence electrons. The van der Waals surface area contributed by atoms with Crippen LogP contribution in [-0.4, -0.2) is 16.2 Å².